The van der Waals surface area contributed by atoms with E-state index in [9.17, 15) is 10.1 Å². The van der Waals surface area contributed by atoms with Gasteiger partial charge < -0.3 is 15.4 Å². The Balaban J connectivity index is 0.00000306. The second-order valence-corrected chi connectivity index (χ2v) is 8.17. The fraction of sp³-hybridized carbons (Fsp3) is 0.320. The number of nitrogens with zero attached hydrogens (tertiary/aromatic N) is 2. The molecule has 0 radical (unpaired) electrons. The van der Waals surface area contributed by atoms with Gasteiger partial charge in [-0.05, 0) is 41.3 Å². The fourth-order valence-corrected chi connectivity index (χ4v) is 3.80. The summed E-state index contributed by atoms with van der Waals surface area (Å²) in [6.45, 7) is 4.91. The molecule has 174 valence electrons. The molecule has 0 aromatic heterocycles. The summed E-state index contributed by atoms with van der Waals surface area (Å²) < 4.78 is 5.49. The van der Waals surface area contributed by atoms with Crippen LogP contribution < -0.4 is 10.6 Å². The first-order valence-electron chi connectivity index (χ1n) is 10.9. The summed E-state index contributed by atoms with van der Waals surface area (Å²) in [6, 6.07) is 21.4. The Kier molecular flexibility index (Phi) is 9.02. The molecule has 1 heterocycles. The van der Waals surface area contributed by atoms with Gasteiger partial charge in [-0.2, -0.15) is 0 Å². The lowest BCUT2D eigenvalue weighted by Crippen LogP contribution is -2.41. The molecule has 0 aliphatic carbocycles. The summed E-state index contributed by atoms with van der Waals surface area (Å²) in [7, 11) is 0. The maximum Gasteiger partial charge on any atom is 0.269 e. The zero-order valence-electron chi connectivity index (χ0n) is 18.6. The summed E-state index contributed by atoms with van der Waals surface area (Å²) in [6.07, 6.45) is 1.04. The lowest BCUT2D eigenvalue weighted by Gasteiger charge is -2.20. The SMILES string of the molecule is CC(NC(=NCc1ccc([N+](=O)[O-])cc1)NCC1CCOC1)c1ccc2ccccc2c1.I. The van der Waals surface area contributed by atoms with Crippen molar-refractivity contribution in [3.8, 4) is 0 Å². The number of hydrogen-bond donors (Lipinski definition) is 2. The number of nitro benzene ring substituents is 1. The molecule has 0 bridgehead atoms. The average Bonchev–Trinajstić information content (AvgIpc) is 3.34. The predicted octanol–water partition coefficient (Wildman–Crippen LogP) is 5.20. The molecule has 1 aliphatic heterocycles. The van der Waals surface area contributed by atoms with Crippen LogP contribution in [0.1, 0.15) is 30.5 Å². The van der Waals surface area contributed by atoms with Gasteiger partial charge in [0.05, 0.1) is 24.1 Å². The number of hydrogen-bond acceptors (Lipinski definition) is 4. The van der Waals surface area contributed by atoms with E-state index in [0.29, 0.717) is 12.5 Å². The van der Waals surface area contributed by atoms with Crippen molar-refractivity contribution in [3.63, 3.8) is 0 Å². The van der Waals surface area contributed by atoms with Crippen molar-refractivity contribution in [2.75, 3.05) is 19.8 Å². The smallest absolute Gasteiger partial charge is 0.269 e. The molecule has 2 atom stereocenters. The van der Waals surface area contributed by atoms with Crippen LogP contribution in [-0.4, -0.2) is 30.6 Å². The van der Waals surface area contributed by atoms with Gasteiger partial charge in [-0.15, -0.1) is 24.0 Å². The first-order chi connectivity index (χ1) is 15.6. The van der Waals surface area contributed by atoms with E-state index in [-0.39, 0.29) is 35.7 Å². The molecule has 7 nitrogen and oxygen atoms in total. The van der Waals surface area contributed by atoms with Crippen molar-refractivity contribution < 1.29 is 9.66 Å². The summed E-state index contributed by atoms with van der Waals surface area (Å²) >= 11 is 0. The number of nitro groups is 1. The van der Waals surface area contributed by atoms with E-state index in [1.807, 2.05) is 12.1 Å². The number of halogens is 1. The maximum atomic E-state index is 10.9. The van der Waals surface area contributed by atoms with Gasteiger partial charge in [0.2, 0.25) is 0 Å². The normalized spacial score (nSPS) is 16.8. The summed E-state index contributed by atoms with van der Waals surface area (Å²) in [5.41, 5.74) is 2.18. The summed E-state index contributed by atoms with van der Waals surface area (Å²) in [5.74, 6) is 1.19. The Labute approximate surface area is 210 Å². The van der Waals surface area contributed by atoms with Crippen LogP contribution in [0.3, 0.4) is 0 Å². The van der Waals surface area contributed by atoms with Gasteiger partial charge in [-0.1, -0.05) is 48.5 Å². The highest BCUT2D eigenvalue weighted by molar-refractivity contribution is 14.0. The number of benzene rings is 3. The first-order valence-corrected chi connectivity index (χ1v) is 10.9. The van der Waals surface area contributed by atoms with E-state index >= 15 is 0 Å². The topological polar surface area (TPSA) is 88.8 Å². The van der Waals surface area contributed by atoms with Crippen LogP contribution in [0.4, 0.5) is 5.69 Å². The van der Waals surface area contributed by atoms with Crippen LogP contribution in [0.25, 0.3) is 10.8 Å². The Bertz CT molecular complexity index is 1100. The van der Waals surface area contributed by atoms with Crippen molar-refractivity contribution in [2.24, 2.45) is 10.9 Å². The minimum Gasteiger partial charge on any atom is -0.381 e. The number of ether oxygens (including phenoxy) is 1. The van der Waals surface area contributed by atoms with E-state index in [0.717, 1.165) is 37.7 Å². The monoisotopic (exact) mass is 560 g/mol. The highest BCUT2D eigenvalue weighted by atomic mass is 127. The Morgan fingerprint density at radius 1 is 1.15 bits per heavy atom. The molecule has 3 aromatic carbocycles. The van der Waals surface area contributed by atoms with Gasteiger partial charge in [0.15, 0.2) is 5.96 Å². The fourth-order valence-electron chi connectivity index (χ4n) is 3.80. The van der Waals surface area contributed by atoms with Crippen molar-refractivity contribution in [3.05, 3.63) is 88.0 Å². The standard InChI is InChI=1S/C25H28N4O3.HI/c1-18(22-9-8-21-4-2-3-5-23(21)14-22)28-25(27-16-20-12-13-32-17-20)26-15-19-6-10-24(11-7-19)29(30)31;/h2-11,14,18,20H,12-13,15-17H2,1H3,(H2,26,27,28);1H. The minimum absolute atomic E-state index is 0. The van der Waals surface area contributed by atoms with Crippen LogP contribution >= 0.6 is 24.0 Å². The van der Waals surface area contributed by atoms with Gasteiger partial charge in [-0.25, -0.2) is 4.99 Å². The number of aliphatic imine (C=N–C) groups is 1. The molecule has 2 unspecified atom stereocenters. The minimum atomic E-state index is -0.392. The molecular weight excluding hydrogens is 531 g/mol. The Hall–Kier alpha value is -2.72. The Morgan fingerprint density at radius 3 is 2.61 bits per heavy atom. The second kappa shape index (κ2) is 11.9. The molecule has 2 N–H and O–H groups in total. The zero-order chi connectivity index (χ0) is 22.3. The predicted molar refractivity (Wildman–Crippen MR) is 142 cm³/mol. The van der Waals surface area contributed by atoms with Crippen molar-refractivity contribution in [1.29, 1.82) is 0 Å². The van der Waals surface area contributed by atoms with Crippen LogP contribution in [0, 0.1) is 16.0 Å². The largest absolute Gasteiger partial charge is 0.381 e. The van der Waals surface area contributed by atoms with E-state index < -0.39 is 4.92 Å². The van der Waals surface area contributed by atoms with Gasteiger partial charge >= 0.3 is 0 Å². The van der Waals surface area contributed by atoms with Gasteiger partial charge in [-0.3, -0.25) is 10.1 Å². The number of non-ortho nitro benzene ring substituents is 1. The highest BCUT2D eigenvalue weighted by Crippen LogP contribution is 2.20. The maximum absolute atomic E-state index is 10.9. The van der Waals surface area contributed by atoms with Crippen molar-refractivity contribution in [1.82, 2.24) is 10.6 Å². The third-order valence-corrected chi connectivity index (χ3v) is 5.78. The van der Waals surface area contributed by atoms with E-state index in [4.69, 9.17) is 9.73 Å². The average molecular weight is 560 g/mol. The molecule has 4 rings (SSSR count). The van der Waals surface area contributed by atoms with Crippen LogP contribution in [-0.2, 0) is 11.3 Å². The van der Waals surface area contributed by atoms with Crippen molar-refractivity contribution in [2.45, 2.75) is 25.9 Å². The molecular formula is C25H29IN4O3. The van der Waals surface area contributed by atoms with E-state index in [1.54, 1.807) is 12.1 Å². The number of fused-ring (bicyclic) bond motifs is 1. The van der Waals surface area contributed by atoms with Gasteiger partial charge in [0, 0.05) is 31.2 Å². The summed E-state index contributed by atoms with van der Waals surface area (Å²) in [5, 5.41) is 20.3. The Morgan fingerprint density at radius 2 is 1.91 bits per heavy atom. The third-order valence-electron chi connectivity index (χ3n) is 5.78. The second-order valence-electron chi connectivity index (χ2n) is 8.17. The van der Waals surface area contributed by atoms with E-state index in [2.05, 4.69) is 47.9 Å². The molecule has 33 heavy (non-hydrogen) atoms. The zero-order valence-corrected chi connectivity index (χ0v) is 20.9. The molecule has 1 aliphatic rings. The van der Waals surface area contributed by atoms with Crippen molar-refractivity contribution >= 4 is 46.4 Å². The first kappa shape index (κ1) is 24.9. The molecule has 0 spiro atoms. The van der Waals surface area contributed by atoms with E-state index in [1.165, 1.54) is 28.5 Å². The molecule has 1 saturated heterocycles. The molecule has 1 fully saturated rings. The number of rotatable bonds is 7. The number of guanidine groups is 1. The molecule has 8 heteroatoms. The molecule has 3 aromatic rings. The third kappa shape index (κ3) is 6.88. The summed E-state index contributed by atoms with van der Waals surface area (Å²) in [4.78, 5) is 15.2. The van der Waals surface area contributed by atoms with Gasteiger partial charge in [0.25, 0.3) is 5.69 Å². The molecule has 0 saturated carbocycles. The van der Waals surface area contributed by atoms with Gasteiger partial charge in [0.1, 0.15) is 0 Å². The highest BCUT2D eigenvalue weighted by Gasteiger charge is 2.17. The lowest BCUT2D eigenvalue weighted by atomic mass is 10.0. The lowest BCUT2D eigenvalue weighted by molar-refractivity contribution is -0.384. The quantitative estimate of drug-likeness (QED) is 0.136. The molecule has 0 amide bonds. The van der Waals surface area contributed by atoms with Crippen LogP contribution in [0.2, 0.25) is 0 Å². The number of nitrogens with one attached hydrogen (secondary N) is 2. The van der Waals surface area contributed by atoms with Crippen LogP contribution in [0.5, 0.6) is 0 Å². The van der Waals surface area contributed by atoms with Crippen LogP contribution in [0.15, 0.2) is 71.7 Å².